The summed E-state index contributed by atoms with van der Waals surface area (Å²) in [5.74, 6) is 0.220. The average Bonchev–Trinajstić information content (AvgIpc) is 2.97. The average molecular weight is 359 g/mol. The summed E-state index contributed by atoms with van der Waals surface area (Å²) in [6, 6.07) is 18.0. The molecule has 2 aromatic carbocycles. The minimum atomic E-state index is -0.417. The van der Waals surface area contributed by atoms with Crippen molar-refractivity contribution in [2.24, 2.45) is 7.05 Å². The van der Waals surface area contributed by atoms with E-state index in [4.69, 9.17) is 4.74 Å². The first-order valence-electron chi connectivity index (χ1n) is 8.97. The van der Waals surface area contributed by atoms with Crippen LogP contribution in [-0.4, -0.2) is 22.1 Å². The lowest BCUT2D eigenvalue weighted by Gasteiger charge is -2.11. The van der Waals surface area contributed by atoms with Crippen LogP contribution in [0.1, 0.15) is 23.0 Å². The van der Waals surface area contributed by atoms with Gasteiger partial charge in [0.2, 0.25) is 0 Å². The molecule has 5 nitrogen and oxygen atoms in total. The van der Waals surface area contributed by atoms with Crippen molar-refractivity contribution in [3.8, 4) is 0 Å². The Morgan fingerprint density at radius 3 is 2.59 bits per heavy atom. The van der Waals surface area contributed by atoms with Crippen molar-refractivity contribution in [2.45, 2.75) is 13.8 Å². The van der Waals surface area contributed by atoms with Crippen molar-refractivity contribution < 1.29 is 9.53 Å². The zero-order chi connectivity index (χ0) is 19.0. The van der Waals surface area contributed by atoms with Gasteiger partial charge in [0.1, 0.15) is 0 Å². The van der Waals surface area contributed by atoms with Crippen LogP contribution in [0.25, 0.3) is 21.8 Å². The summed E-state index contributed by atoms with van der Waals surface area (Å²) in [6.45, 7) is 4.15. The molecular weight excluding hydrogens is 338 g/mol. The largest absolute Gasteiger partial charge is 0.461 e. The van der Waals surface area contributed by atoms with Crippen LogP contribution in [0.2, 0.25) is 0 Å². The normalized spacial score (nSPS) is 11.1. The highest BCUT2D eigenvalue weighted by molar-refractivity contribution is 6.13. The predicted molar refractivity (Wildman–Crippen MR) is 109 cm³/mol. The zero-order valence-electron chi connectivity index (χ0n) is 15.6. The fourth-order valence-electron chi connectivity index (χ4n) is 3.37. The zero-order valence-corrected chi connectivity index (χ0v) is 15.6. The summed E-state index contributed by atoms with van der Waals surface area (Å²) < 4.78 is 7.28. The molecule has 0 saturated carbocycles. The van der Waals surface area contributed by atoms with Crippen molar-refractivity contribution in [2.75, 3.05) is 11.9 Å². The summed E-state index contributed by atoms with van der Waals surface area (Å²) in [6.07, 6.45) is 0. The van der Waals surface area contributed by atoms with Gasteiger partial charge in [0.25, 0.3) is 0 Å². The second-order valence-corrected chi connectivity index (χ2v) is 6.54. The standard InChI is InChI=1S/C22H21N3O2/c1-4-27-22(26)18-13-17-16-7-5-6-8-19(16)25(3)20(17)21(24-18)23-15-11-9-14(2)10-12-15/h5-13H,4H2,1-3H3,(H,23,24). The van der Waals surface area contributed by atoms with E-state index in [0.29, 0.717) is 18.1 Å². The molecular formula is C22H21N3O2. The summed E-state index contributed by atoms with van der Waals surface area (Å²) in [4.78, 5) is 16.9. The van der Waals surface area contributed by atoms with Crippen LogP contribution in [0.4, 0.5) is 11.5 Å². The van der Waals surface area contributed by atoms with Crippen molar-refractivity contribution >= 4 is 39.3 Å². The molecule has 0 saturated heterocycles. The molecule has 5 heteroatoms. The van der Waals surface area contributed by atoms with E-state index in [2.05, 4.69) is 27.0 Å². The van der Waals surface area contributed by atoms with E-state index in [1.54, 1.807) is 6.92 Å². The molecule has 2 aromatic heterocycles. The minimum absolute atomic E-state index is 0.301. The summed E-state index contributed by atoms with van der Waals surface area (Å²) in [5, 5.41) is 5.43. The number of ether oxygens (including phenoxy) is 1. The van der Waals surface area contributed by atoms with E-state index in [-0.39, 0.29) is 0 Å². The number of carbonyl (C=O) groups is 1. The van der Waals surface area contributed by atoms with Crippen LogP contribution in [0.15, 0.2) is 54.6 Å². The number of hydrogen-bond acceptors (Lipinski definition) is 4. The van der Waals surface area contributed by atoms with Crippen LogP contribution in [0, 0.1) is 6.92 Å². The van der Waals surface area contributed by atoms with Crippen LogP contribution >= 0.6 is 0 Å². The van der Waals surface area contributed by atoms with Gasteiger partial charge < -0.3 is 14.6 Å². The molecule has 0 amide bonds. The quantitative estimate of drug-likeness (QED) is 0.524. The van der Waals surface area contributed by atoms with Crippen molar-refractivity contribution in [1.82, 2.24) is 9.55 Å². The lowest BCUT2D eigenvalue weighted by Crippen LogP contribution is -2.09. The highest BCUT2D eigenvalue weighted by atomic mass is 16.5. The number of aromatic nitrogens is 2. The van der Waals surface area contributed by atoms with Gasteiger partial charge in [0.05, 0.1) is 12.1 Å². The molecule has 0 bridgehead atoms. The van der Waals surface area contributed by atoms with Crippen LogP contribution in [0.5, 0.6) is 0 Å². The summed E-state index contributed by atoms with van der Waals surface area (Å²) in [5.41, 5.74) is 4.44. The monoisotopic (exact) mass is 359 g/mol. The molecule has 27 heavy (non-hydrogen) atoms. The number of nitrogens with one attached hydrogen (secondary N) is 1. The minimum Gasteiger partial charge on any atom is -0.461 e. The van der Waals surface area contributed by atoms with Gasteiger partial charge in [-0.25, -0.2) is 9.78 Å². The van der Waals surface area contributed by atoms with Gasteiger partial charge in [-0.05, 0) is 38.1 Å². The van der Waals surface area contributed by atoms with E-state index >= 15 is 0 Å². The number of pyridine rings is 1. The summed E-state index contributed by atoms with van der Waals surface area (Å²) >= 11 is 0. The Morgan fingerprint density at radius 2 is 1.85 bits per heavy atom. The molecule has 1 N–H and O–H groups in total. The van der Waals surface area contributed by atoms with E-state index in [1.807, 2.05) is 56.4 Å². The Kier molecular flexibility index (Phi) is 4.28. The molecule has 0 aliphatic carbocycles. The van der Waals surface area contributed by atoms with Crippen LogP contribution in [0.3, 0.4) is 0 Å². The molecule has 136 valence electrons. The maximum absolute atomic E-state index is 12.4. The maximum atomic E-state index is 12.4. The third kappa shape index (κ3) is 3.01. The first-order chi connectivity index (χ1) is 13.1. The number of fused-ring (bicyclic) bond motifs is 3. The lowest BCUT2D eigenvalue weighted by molar-refractivity contribution is 0.0520. The number of para-hydroxylation sites is 1. The van der Waals surface area contributed by atoms with Gasteiger partial charge >= 0.3 is 5.97 Å². The third-order valence-corrected chi connectivity index (χ3v) is 4.68. The molecule has 0 unspecified atom stereocenters. The number of esters is 1. The highest BCUT2D eigenvalue weighted by Crippen LogP contribution is 2.34. The van der Waals surface area contributed by atoms with Gasteiger partial charge in [-0.3, -0.25) is 0 Å². The van der Waals surface area contributed by atoms with E-state index in [9.17, 15) is 4.79 Å². The Hall–Kier alpha value is -3.34. The number of carbonyl (C=O) groups excluding carboxylic acids is 1. The SMILES string of the molecule is CCOC(=O)c1cc2c3ccccc3n(C)c2c(Nc2ccc(C)cc2)n1. The smallest absolute Gasteiger partial charge is 0.357 e. The Morgan fingerprint density at radius 1 is 1.11 bits per heavy atom. The molecule has 4 aromatic rings. The Balaban J connectivity index is 1.96. The topological polar surface area (TPSA) is 56.1 Å². The second-order valence-electron chi connectivity index (χ2n) is 6.54. The molecule has 0 radical (unpaired) electrons. The summed E-state index contributed by atoms with van der Waals surface area (Å²) in [7, 11) is 2.01. The van der Waals surface area contributed by atoms with Gasteiger partial charge in [-0.15, -0.1) is 0 Å². The fourth-order valence-corrected chi connectivity index (χ4v) is 3.37. The van der Waals surface area contributed by atoms with E-state index in [0.717, 1.165) is 27.5 Å². The molecule has 2 heterocycles. The van der Waals surface area contributed by atoms with Gasteiger partial charge in [-0.1, -0.05) is 35.9 Å². The van der Waals surface area contributed by atoms with Gasteiger partial charge in [0, 0.05) is 29.0 Å². The number of anilines is 2. The molecule has 4 rings (SSSR count). The first-order valence-corrected chi connectivity index (χ1v) is 8.97. The van der Waals surface area contributed by atoms with Crippen molar-refractivity contribution in [1.29, 1.82) is 0 Å². The van der Waals surface area contributed by atoms with E-state index in [1.165, 1.54) is 5.56 Å². The lowest BCUT2D eigenvalue weighted by atomic mass is 10.1. The van der Waals surface area contributed by atoms with Crippen LogP contribution < -0.4 is 5.32 Å². The van der Waals surface area contributed by atoms with E-state index < -0.39 is 5.97 Å². The Bertz CT molecular complexity index is 1140. The van der Waals surface area contributed by atoms with Gasteiger partial charge in [0.15, 0.2) is 11.5 Å². The number of benzene rings is 2. The number of hydrogen-bond donors (Lipinski definition) is 1. The molecule has 0 atom stereocenters. The third-order valence-electron chi connectivity index (χ3n) is 4.68. The van der Waals surface area contributed by atoms with Gasteiger partial charge in [-0.2, -0.15) is 0 Å². The number of rotatable bonds is 4. The molecule has 0 aliphatic rings. The first kappa shape index (κ1) is 17.1. The number of nitrogens with zero attached hydrogens (tertiary/aromatic N) is 2. The number of aryl methyl sites for hydroxylation is 2. The molecule has 0 aliphatic heterocycles. The maximum Gasteiger partial charge on any atom is 0.357 e. The molecule has 0 fully saturated rings. The molecule has 0 spiro atoms. The Labute approximate surface area is 157 Å². The fraction of sp³-hybridized carbons (Fsp3) is 0.182. The van der Waals surface area contributed by atoms with Crippen LogP contribution in [-0.2, 0) is 11.8 Å². The predicted octanol–water partition coefficient (Wildman–Crippen LogP) is 4.96. The second kappa shape index (κ2) is 6.76. The van der Waals surface area contributed by atoms with Crippen molar-refractivity contribution in [3.05, 3.63) is 65.9 Å². The van der Waals surface area contributed by atoms with Crippen molar-refractivity contribution in [3.63, 3.8) is 0 Å². The highest BCUT2D eigenvalue weighted by Gasteiger charge is 2.18.